The summed E-state index contributed by atoms with van der Waals surface area (Å²) in [5.41, 5.74) is 0. The van der Waals surface area contributed by atoms with E-state index in [1.165, 1.54) is 0 Å². The van der Waals surface area contributed by atoms with Crippen LogP contribution in [0.2, 0.25) is 0 Å². The van der Waals surface area contributed by atoms with E-state index in [2.05, 4.69) is 38.1 Å². The summed E-state index contributed by atoms with van der Waals surface area (Å²) in [6.07, 6.45) is 6.02. The van der Waals surface area contributed by atoms with Crippen LogP contribution in [0.1, 0.15) is 26.7 Å². The first-order valence-corrected chi connectivity index (χ1v) is 4.83. The van der Waals surface area contributed by atoms with Crippen molar-refractivity contribution in [2.24, 2.45) is 5.92 Å². The molecule has 0 saturated heterocycles. The standard InChI is InChI=1S/C11H21NO/c1-10(9-11(2)13)7-5-6-8-12(3)4/h5,7,10H,6,8-9H2,1-4H3/b7-5-. The molecular formula is C11H21NO. The summed E-state index contributed by atoms with van der Waals surface area (Å²) in [5.74, 6) is 0.657. The van der Waals surface area contributed by atoms with Crippen LogP contribution in [0.15, 0.2) is 12.2 Å². The first-order valence-electron chi connectivity index (χ1n) is 4.83. The Morgan fingerprint density at radius 3 is 2.54 bits per heavy atom. The van der Waals surface area contributed by atoms with E-state index in [1.807, 2.05) is 0 Å². The third-order valence-corrected chi connectivity index (χ3v) is 1.82. The van der Waals surface area contributed by atoms with Crippen molar-refractivity contribution in [1.29, 1.82) is 0 Å². The quantitative estimate of drug-likeness (QED) is 0.588. The third-order valence-electron chi connectivity index (χ3n) is 1.82. The number of hydrogen-bond acceptors (Lipinski definition) is 2. The smallest absolute Gasteiger partial charge is 0.130 e. The van der Waals surface area contributed by atoms with Gasteiger partial charge >= 0.3 is 0 Å². The first kappa shape index (κ1) is 12.4. The second-order valence-corrected chi connectivity index (χ2v) is 3.90. The fourth-order valence-electron chi connectivity index (χ4n) is 1.18. The zero-order valence-corrected chi connectivity index (χ0v) is 9.21. The molecular weight excluding hydrogens is 162 g/mol. The lowest BCUT2D eigenvalue weighted by Gasteiger charge is -2.06. The molecule has 1 unspecified atom stereocenters. The highest BCUT2D eigenvalue weighted by Gasteiger charge is 1.99. The minimum atomic E-state index is 0.268. The molecule has 1 atom stereocenters. The van der Waals surface area contributed by atoms with Gasteiger partial charge < -0.3 is 9.69 Å². The second kappa shape index (κ2) is 6.84. The van der Waals surface area contributed by atoms with Gasteiger partial charge in [-0.15, -0.1) is 0 Å². The second-order valence-electron chi connectivity index (χ2n) is 3.90. The lowest BCUT2D eigenvalue weighted by Crippen LogP contribution is -2.11. The molecule has 0 aromatic heterocycles. The lowest BCUT2D eigenvalue weighted by atomic mass is 10.0. The van der Waals surface area contributed by atoms with Crippen molar-refractivity contribution in [3.8, 4) is 0 Å². The van der Waals surface area contributed by atoms with Crippen LogP contribution in [0.3, 0.4) is 0 Å². The molecule has 0 spiro atoms. The summed E-state index contributed by atoms with van der Waals surface area (Å²) < 4.78 is 0. The predicted octanol–water partition coefficient (Wildman–Crippen LogP) is 2.11. The molecule has 2 heteroatoms. The average Bonchev–Trinajstić information content (AvgIpc) is 1.96. The molecule has 0 aliphatic rings. The van der Waals surface area contributed by atoms with Crippen molar-refractivity contribution in [2.75, 3.05) is 20.6 Å². The highest BCUT2D eigenvalue weighted by molar-refractivity contribution is 5.75. The molecule has 0 saturated carbocycles. The van der Waals surface area contributed by atoms with Crippen LogP contribution in [-0.4, -0.2) is 31.3 Å². The Kier molecular flexibility index (Phi) is 6.51. The Bertz CT molecular complexity index is 173. The molecule has 0 aromatic rings. The molecule has 0 aliphatic carbocycles. The van der Waals surface area contributed by atoms with Crippen LogP contribution in [0, 0.1) is 5.92 Å². The van der Waals surface area contributed by atoms with Gasteiger partial charge in [0.15, 0.2) is 0 Å². The number of allylic oxidation sites excluding steroid dienone is 1. The summed E-state index contributed by atoms with van der Waals surface area (Å²) in [6.45, 7) is 4.79. The number of rotatable bonds is 6. The SMILES string of the molecule is CC(=O)CC(C)/C=C\CCN(C)C. The summed E-state index contributed by atoms with van der Waals surface area (Å²) in [6, 6.07) is 0. The van der Waals surface area contributed by atoms with Gasteiger partial charge in [0.1, 0.15) is 5.78 Å². The maximum absolute atomic E-state index is 10.8. The van der Waals surface area contributed by atoms with E-state index in [1.54, 1.807) is 6.92 Å². The van der Waals surface area contributed by atoms with Crippen molar-refractivity contribution >= 4 is 5.78 Å². The van der Waals surface area contributed by atoms with Gasteiger partial charge in [-0.3, -0.25) is 0 Å². The minimum Gasteiger partial charge on any atom is -0.309 e. The minimum absolute atomic E-state index is 0.268. The van der Waals surface area contributed by atoms with Crippen molar-refractivity contribution < 1.29 is 4.79 Å². The van der Waals surface area contributed by atoms with E-state index >= 15 is 0 Å². The number of ketones is 1. The van der Waals surface area contributed by atoms with E-state index in [-0.39, 0.29) is 5.78 Å². The number of Topliss-reactive ketones (excluding diaryl/α,β-unsaturated/α-hetero) is 1. The number of carbonyl (C=O) groups is 1. The molecule has 2 nitrogen and oxygen atoms in total. The normalized spacial score (nSPS) is 13.9. The Morgan fingerprint density at radius 2 is 2.08 bits per heavy atom. The van der Waals surface area contributed by atoms with Crippen LogP contribution >= 0.6 is 0 Å². The lowest BCUT2D eigenvalue weighted by molar-refractivity contribution is -0.117. The van der Waals surface area contributed by atoms with Crippen LogP contribution in [0.5, 0.6) is 0 Å². The molecule has 0 N–H and O–H groups in total. The van der Waals surface area contributed by atoms with Gasteiger partial charge in [0.2, 0.25) is 0 Å². The molecule has 0 amide bonds. The van der Waals surface area contributed by atoms with Gasteiger partial charge in [0, 0.05) is 13.0 Å². The third kappa shape index (κ3) is 9.28. The summed E-state index contributed by atoms with van der Waals surface area (Å²) in [4.78, 5) is 12.9. The van der Waals surface area contributed by atoms with Gasteiger partial charge in [-0.1, -0.05) is 19.1 Å². The summed E-state index contributed by atoms with van der Waals surface area (Å²) in [5, 5.41) is 0. The van der Waals surface area contributed by atoms with E-state index in [0.717, 1.165) is 13.0 Å². The van der Waals surface area contributed by atoms with Gasteiger partial charge in [-0.05, 0) is 33.4 Å². The fourth-order valence-corrected chi connectivity index (χ4v) is 1.18. The topological polar surface area (TPSA) is 20.3 Å². The Hall–Kier alpha value is -0.630. The maximum atomic E-state index is 10.8. The molecule has 0 fully saturated rings. The average molecular weight is 183 g/mol. The molecule has 0 aliphatic heterocycles. The van der Waals surface area contributed by atoms with Gasteiger partial charge in [-0.2, -0.15) is 0 Å². The van der Waals surface area contributed by atoms with Crippen LogP contribution in [0.25, 0.3) is 0 Å². The predicted molar refractivity (Wildman–Crippen MR) is 56.8 cm³/mol. The maximum Gasteiger partial charge on any atom is 0.130 e. The van der Waals surface area contributed by atoms with Crippen molar-refractivity contribution in [1.82, 2.24) is 4.90 Å². The molecule has 0 aromatic carbocycles. The Morgan fingerprint density at radius 1 is 1.46 bits per heavy atom. The number of carbonyl (C=O) groups excluding carboxylic acids is 1. The van der Waals surface area contributed by atoms with Gasteiger partial charge in [-0.25, -0.2) is 0 Å². The zero-order chi connectivity index (χ0) is 10.3. The van der Waals surface area contributed by atoms with Crippen LogP contribution < -0.4 is 0 Å². The van der Waals surface area contributed by atoms with E-state index in [9.17, 15) is 4.79 Å². The largest absolute Gasteiger partial charge is 0.309 e. The van der Waals surface area contributed by atoms with Crippen molar-refractivity contribution in [2.45, 2.75) is 26.7 Å². The van der Waals surface area contributed by atoms with Crippen molar-refractivity contribution in [3.63, 3.8) is 0 Å². The van der Waals surface area contributed by atoms with Gasteiger partial charge in [0.25, 0.3) is 0 Å². The number of hydrogen-bond donors (Lipinski definition) is 0. The van der Waals surface area contributed by atoms with Crippen molar-refractivity contribution in [3.05, 3.63) is 12.2 Å². The summed E-state index contributed by atoms with van der Waals surface area (Å²) >= 11 is 0. The van der Waals surface area contributed by atoms with E-state index in [0.29, 0.717) is 12.3 Å². The van der Waals surface area contributed by atoms with Crippen LogP contribution in [0.4, 0.5) is 0 Å². The number of nitrogens with zero attached hydrogens (tertiary/aromatic N) is 1. The first-order chi connectivity index (χ1) is 6.02. The molecule has 0 rings (SSSR count). The molecule has 0 heterocycles. The highest BCUT2D eigenvalue weighted by Crippen LogP contribution is 2.04. The molecule has 13 heavy (non-hydrogen) atoms. The van der Waals surface area contributed by atoms with E-state index < -0.39 is 0 Å². The fraction of sp³-hybridized carbons (Fsp3) is 0.727. The Labute approximate surface area is 81.6 Å². The monoisotopic (exact) mass is 183 g/mol. The summed E-state index contributed by atoms with van der Waals surface area (Å²) in [7, 11) is 4.12. The van der Waals surface area contributed by atoms with Crippen LogP contribution in [-0.2, 0) is 4.79 Å². The molecule has 0 bridgehead atoms. The highest BCUT2D eigenvalue weighted by atomic mass is 16.1. The molecule has 76 valence electrons. The zero-order valence-electron chi connectivity index (χ0n) is 9.21. The molecule has 0 radical (unpaired) electrons. The Balaban J connectivity index is 3.53. The van der Waals surface area contributed by atoms with E-state index in [4.69, 9.17) is 0 Å². The van der Waals surface area contributed by atoms with Gasteiger partial charge in [0.05, 0.1) is 0 Å².